The average Bonchev–Trinajstić information content (AvgIpc) is 2.98. The summed E-state index contributed by atoms with van der Waals surface area (Å²) in [6, 6.07) is 1.40. The third-order valence-corrected chi connectivity index (χ3v) is 5.00. The van der Waals surface area contributed by atoms with E-state index in [-0.39, 0.29) is 12.0 Å². The first-order valence-electron chi connectivity index (χ1n) is 8.01. The fourth-order valence-corrected chi connectivity index (χ4v) is 3.79. The van der Waals surface area contributed by atoms with E-state index in [4.69, 9.17) is 4.74 Å². The largest absolute Gasteiger partial charge is 0.481 e. The molecule has 2 heterocycles. The molecule has 0 aromatic heterocycles. The van der Waals surface area contributed by atoms with Gasteiger partial charge in [-0.15, -0.1) is 0 Å². The van der Waals surface area contributed by atoms with Crippen LogP contribution in [0.25, 0.3) is 0 Å². The summed E-state index contributed by atoms with van der Waals surface area (Å²) < 4.78 is 5.47. The molecular formula is C15H26N2O3. The second-order valence-electron chi connectivity index (χ2n) is 6.46. The van der Waals surface area contributed by atoms with Crippen molar-refractivity contribution in [2.24, 2.45) is 5.92 Å². The predicted octanol–water partition coefficient (Wildman–Crippen LogP) is 1.03. The molecule has 3 fully saturated rings. The summed E-state index contributed by atoms with van der Waals surface area (Å²) in [5.74, 6) is -1.05. The predicted molar refractivity (Wildman–Crippen MR) is 75.7 cm³/mol. The summed E-state index contributed by atoms with van der Waals surface area (Å²) in [6.07, 6.45) is 4.96. The number of aliphatic carboxylic acids is 1. The van der Waals surface area contributed by atoms with Gasteiger partial charge < -0.3 is 9.84 Å². The zero-order valence-corrected chi connectivity index (χ0v) is 12.3. The van der Waals surface area contributed by atoms with Crippen molar-refractivity contribution in [3.05, 3.63) is 0 Å². The van der Waals surface area contributed by atoms with Gasteiger partial charge in [0.15, 0.2) is 0 Å². The quantitative estimate of drug-likeness (QED) is 0.789. The van der Waals surface area contributed by atoms with Gasteiger partial charge in [0.1, 0.15) is 0 Å². The van der Waals surface area contributed by atoms with Crippen molar-refractivity contribution in [2.75, 3.05) is 32.8 Å². The molecule has 0 amide bonds. The van der Waals surface area contributed by atoms with Gasteiger partial charge in [0.2, 0.25) is 0 Å². The van der Waals surface area contributed by atoms with Gasteiger partial charge in [-0.3, -0.25) is 14.6 Å². The van der Waals surface area contributed by atoms with Crippen LogP contribution in [-0.4, -0.2) is 71.8 Å². The molecule has 2 saturated heterocycles. The summed E-state index contributed by atoms with van der Waals surface area (Å²) in [7, 11) is 0. The van der Waals surface area contributed by atoms with Crippen LogP contribution < -0.4 is 0 Å². The first kappa shape index (κ1) is 14.3. The van der Waals surface area contributed by atoms with Crippen molar-refractivity contribution < 1.29 is 14.6 Å². The molecule has 3 aliphatic rings. The number of carbonyl (C=O) groups is 1. The number of ether oxygens (including phenoxy) is 1. The standard InChI is InChI=1S/C15H26N2O3/c1-2-6-17(14-10-20-9-13(14)15(18)19)12-5-7-16(8-12)11-3-4-11/h11-14H,2-10H2,1H3,(H,18,19). The molecule has 114 valence electrons. The number of rotatable bonds is 6. The SMILES string of the molecule is CCCN(C1CCN(C2CC2)C1)C1COCC1C(=O)O. The zero-order valence-electron chi connectivity index (χ0n) is 12.3. The molecule has 3 unspecified atom stereocenters. The smallest absolute Gasteiger partial charge is 0.310 e. The molecule has 5 heteroatoms. The average molecular weight is 282 g/mol. The molecule has 0 bridgehead atoms. The Morgan fingerprint density at radius 2 is 2.15 bits per heavy atom. The van der Waals surface area contributed by atoms with Gasteiger partial charge in [-0.25, -0.2) is 0 Å². The highest BCUT2D eigenvalue weighted by Crippen LogP contribution is 2.33. The van der Waals surface area contributed by atoms with E-state index in [1.165, 1.54) is 25.8 Å². The molecule has 1 N–H and O–H groups in total. The summed E-state index contributed by atoms with van der Waals surface area (Å²) in [6.45, 7) is 6.41. The van der Waals surface area contributed by atoms with E-state index in [2.05, 4.69) is 16.7 Å². The Labute approximate surface area is 120 Å². The normalized spacial score (nSPS) is 35.0. The van der Waals surface area contributed by atoms with E-state index >= 15 is 0 Å². The van der Waals surface area contributed by atoms with Crippen LogP contribution in [0.4, 0.5) is 0 Å². The maximum Gasteiger partial charge on any atom is 0.310 e. The van der Waals surface area contributed by atoms with Crippen LogP contribution >= 0.6 is 0 Å². The Bertz CT molecular complexity index is 359. The van der Waals surface area contributed by atoms with Crippen LogP contribution in [0.2, 0.25) is 0 Å². The Kier molecular flexibility index (Phi) is 4.29. The van der Waals surface area contributed by atoms with E-state index < -0.39 is 5.97 Å². The molecule has 2 aliphatic heterocycles. The van der Waals surface area contributed by atoms with Crippen LogP contribution in [0.5, 0.6) is 0 Å². The van der Waals surface area contributed by atoms with Crippen molar-refractivity contribution in [1.29, 1.82) is 0 Å². The summed E-state index contributed by atoms with van der Waals surface area (Å²) in [5, 5.41) is 9.38. The molecule has 5 nitrogen and oxygen atoms in total. The minimum Gasteiger partial charge on any atom is -0.481 e. The van der Waals surface area contributed by atoms with Crippen molar-refractivity contribution in [1.82, 2.24) is 9.80 Å². The molecule has 3 atom stereocenters. The molecule has 20 heavy (non-hydrogen) atoms. The maximum atomic E-state index is 11.4. The van der Waals surface area contributed by atoms with Gasteiger partial charge in [0.25, 0.3) is 0 Å². The van der Waals surface area contributed by atoms with Crippen molar-refractivity contribution in [3.8, 4) is 0 Å². The lowest BCUT2D eigenvalue weighted by atomic mass is 9.99. The molecule has 0 radical (unpaired) electrons. The van der Waals surface area contributed by atoms with Gasteiger partial charge in [-0.1, -0.05) is 6.92 Å². The summed E-state index contributed by atoms with van der Waals surface area (Å²) >= 11 is 0. The van der Waals surface area contributed by atoms with E-state index in [0.717, 1.165) is 25.6 Å². The fraction of sp³-hybridized carbons (Fsp3) is 0.933. The van der Waals surface area contributed by atoms with E-state index in [1.807, 2.05) is 0 Å². The van der Waals surface area contributed by atoms with E-state index in [9.17, 15) is 9.90 Å². The lowest BCUT2D eigenvalue weighted by Crippen LogP contribution is -2.50. The number of hydrogen-bond acceptors (Lipinski definition) is 4. The van der Waals surface area contributed by atoms with Crippen molar-refractivity contribution in [2.45, 2.75) is 50.7 Å². The second-order valence-corrected chi connectivity index (χ2v) is 6.46. The Hall–Kier alpha value is -0.650. The number of nitrogens with zero attached hydrogens (tertiary/aromatic N) is 2. The first-order chi connectivity index (χ1) is 9.70. The molecule has 1 saturated carbocycles. The summed E-state index contributed by atoms with van der Waals surface area (Å²) in [5.41, 5.74) is 0. The second kappa shape index (κ2) is 6.00. The highest BCUT2D eigenvalue weighted by Gasteiger charge is 2.43. The van der Waals surface area contributed by atoms with Crippen LogP contribution in [0.1, 0.15) is 32.6 Å². The number of hydrogen-bond donors (Lipinski definition) is 1. The molecule has 1 aliphatic carbocycles. The van der Waals surface area contributed by atoms with Crippen LogP contribution in [0, 0.1) is 5.92 Å². The Morgan fingerprint density at radius 1 is 1.35 bits per heavy atom. The minimum atomic E-state index is -0.703. The minimum absolute atomic E-state index is 0.0663. The third-order valence-electron chi connectivity index (χ3n) is 5.00. The van der Waals surface area contributed by atoms with E-state index in [1.54, 1.807) is 0 Å². The molecule has 3 rings (SSSR count). The third kappa shape index (κ3) is 2.85. The zero-order chi connectivity index (χ0) is 14.1. The van der Waals surface area contributed by atoms with E-state index in [0.29, 0.717) is 19.3 Å². The van der Waals surface area contributed by atoms with Gasteiger partial charge in [-0.2, -0.15) is 0 Å². The van der Waals surface area contributed by atoms with Gasteiger partial charge in [0, 0.05) is 31.2 Å². The fourth-order valence-electron chi connectivity index (χ4n) is 3.79. The highest BCUT2D eigenvalue weighted by molar-refractivity contribution is 5.71. The number of carboxylic acids is 1. The van der Waals surface area contributed by atoms with Gasteiger partial charge in [0.05, 0.1) is 19.1 Å². The molecule has 0 aromatic rings. The van der Waals surface area contributed by atoms with Crippen LogP contribution in [0.3, 0.4) is 0 Å². The molecule has 0 spiro atoms. The van der Waals surface area contributed by atoms with Crippen LogP contribution in [0.15, 0.2) is 0 Å². The Balaban J connectivity index is 1.66. The highest BCUT2D eigenvalue weighted by atomic mass is 16.5. The van der Waals surface area contributed by atoms with Gasteiger partial charge >= 0.3 is 5.97 Å². The monoisotopic (exact) mass is 282 g/mol. The number of carboxylic acid groups (broad SMARTS) is 1. The maximum absolute atomic E-state index is 11.4. The van der Waals surface area contributed by atoms with Gasteiger partial charge in [-0.05, 0) is 32.2 Å². The lowest BCUT2D eigenvalue weighted by molar-refractivity contribution is -0.143. The Morgan fingerprint density at radius 3 is 2.80 bits per heavy atom. The first-order valence-corrected chi connectivity index (χ1v) is 8.01. The topological polar surface area (TPSA) is 53.0 Å². The number of likely N-dealkylation sites (tertiary alicyclic amines) is 1. The van der Waals surface area contributed by atoms with Crippen LogP contribution in [-0.2, 0) is 9.53 Å². The molecule has 0 aromatic carbocycles. The summed E-state index contributed by atoms with van der Waals surface area (Å²) in [4.78, 5) is 16.4. The lowest BCUT2D eigenvalue weighted by Gasteiger charge is -2.35. The van der Waals surface area contributed by atoms with Crippen molar-refractivity contribution >= 4 is 5.97 Å². The van der Waals surface area contributed by atoms with Crippen molar-refractivity contribution in [3.63, 3.8) is 0 Å². The molecular weight excluding hydrogens is 256 g/mol.